The first-order valence-electron chi connectivity index (χ1n) is 14.8. The molecule has 0 aliphatic carbocycles. The molecule has 232 valence electrons. The summed E-state index contributed by atoms with van der Waals surface area (Å²) in [5, 5.41) is 3.37. The van der Waals surface area contributed by atoms with Gasteiger partial charge in [-0.05, 0) is 76.3 Å². The van der Waals surface area contributed by atoms with Crippen molar-refractivity contribution in [1.29, 1.82) is 0 Å². The van der Waals surface area contributed by atoms with E-state index in [1.165, 1.54) is 4.90 Å². The van der Waals surface area contributed by atoms with Gasteiger partial charge in [-0.1, -0.05) is 35.9 Å². The number of rotatable bonds is 9. The number of carbonyl (C=O) groups is 4. The van der Waals surface area contributed by atoms with Crippen molar-refractivity contribution < 1.29 is 28.7 Å². The Morgan fingerprint density at radius 1 is 1.02 bits per heavy atom. The third kappa shape index (κ3) is 8.63. The molecule has 11 heteroatoms. The van der Waals surface area contributed by atoms with Crippen LogP contribution in [-0.4, -0.2) is 91.2 Å². The molecule has 0 radical (unpaired) electrons. The molecule has 4 rings (SSSR count). The monoisotopic (exact) mass is 612 g/mol. The Morgan fingerprint density at radius 2 is 1.74 bits per heavy atom. The van der Waals surface area contributed by atoms with Crippen molar-refractivity contribution in [3.63, 3.8) is 0 Å². The lowest BCUT2D eigenvalue weighted by atomic mass is 9.97. The van der Waals surface area contributed by atoms with Crippen LogP contribution < -0.4 is 10.2 Å². The smallest absolute Gasteiger partial charge is 0.410 e. The highest BCUT2D eigenvalue weighted by molar-refractivity contribution is 6.31. The number of hydrogen-bond acceptors (Lipinski definition) is 7. The van der Waals surface area contributed by atoms with E-state index in [0.717, 1.165) is 16.8 Å². The molecule has 2 heterocycles. The van der Waals surface area contributed by atoms with E-state index in [9.17, 15) is 19.2 Å². The summed E-state index contributed by atoms with van der Waals surface area (Å²) in [7, 11) is 0. The molecule has 43 heavy (non-hydrogen) atoms. The van der Waals surface area contributed by atoms with Crippen molar-refractivity contribution >= 4 is 41.2 Å². The van der Waals surface area contributed by atoms with Crippen molar-refractivity contribution in [1.82, 2.24) is 15.1 Å². The Balaban J connectivity index is 1.36. The highest BCUT2D eigenvalue weighted by Crippen LogP contribution is 2.26. The second-order valence-electron chi connectivity index (χ2n) is 11.8. The van der Waals surface area contributed by atoms with Crippen molar-refractivity contribution in [3.05, 3.63) is 64.2 Å². The number of anilines is 1. The quantitative estimate of drug-likeness (QED) is 0.425. The predicted octanol–water partition coefficient (Wildman–Crippen LogP) is 4.08. The van der Waals surface area contributed by atoms with Gasteiger partial charge in [-0.25, -0.2) is 9.59 Å². The number of benzene rings is 2. The Labute approximate surface area is 258 Å². The molecule has 0 bridgehead atoms. The topological polar surface area (TPSA) is 108 Å². The maximum absolute atomic E-state index is 13.5. The van der Waals surface area contributed by atoms with Gasteiger partial charge in [-0.3, -0.25) is 9.59 Å². The minimum absolute atomic E-state index is 0.168. The molecular formula is C32H41ClN4O6. The van der Waals surface area contributed by atoms with E-state index >= 15 is 0 Å². The lowest BCUT2D eigenvalue weighted by Gasteiger charge is -2.37. The number of halogens is 1. The predicted molar refractivity (Wildman–Crippen MR) is 164 cm³/mol. The van der Waals surface area contributed by atoms with Gasteiger partial charge in [0.05, 0.1) is 13.2 Å². The van der Waals surface area contributed by atoms with Gasteiger partial charge in [-0.15, -0.1) is 0 Å². The van der Waals surface area contributed by atoms with Gasteiger partial charge in [0.1, 0.15) is 11.6 Å². The zero-order valence-electron chi connectivity index (χ0n) is 25.4. The molecule has 0 spiro atoms. The Kier molecular flexibility index (Phi) is 10.6. The highest BCUT2D eigenvalue weighted by Gasteiger charge is 2.30. The van der Waals surface area contributed by atoms with Gasteiger partial charge in [0.15, 0.2) is 0 Å². The number of nitrogens with zero attached hydrogens (tertiary/aromatic N) is 3. The summed E-state index contributed by atoms with van der Waals surface area (Å²) in [6, 6.07) is 12.3. The van der Waals surface area contributed by atoms with Crippen LogP contribution in [-0.2, 0) is 31.9 Å². The Hall–Kier alpha value is -3.79. The molecule has 2 aliphatic heterocycles. The van der Waals surface area contributed by atoms with Crippen molar-refractivity contribution in [2.24, 2.45) is 0 Å². The minimum Gasteiger partial charge on any atom is -0.464 e. The van der Waals surface area contributed by atoms with Crippen LogP contribution >= 0.6 is 11.6 Å². The molecule has 1 fully saturated rings. The molecular weight excluding hydrogens is 572 g/mol. The second-order valence-corrected chi connectivity index (χ2v) is 12.2. The van der Waals surface area contributed by atoms with E-state index in [2.05, 4.69) is 10.2 Å². The number of amides is 3. The maximum atomic E-state index is 13.5. The average Bonchev–Trinajstić information content (AvgIpc) is 2.96. The summed E-state index contributed by atoms with van der Waals surface area (Å²) in [6.45, 7) is 9.94. The largest absolute Gasteiger partial charge is 0.464 e. The van der Waals surface area contributed by atoms with E-state index in [1.54, 1.807) is 17.9 Å². The third-order valence-electron chi connectivity index (χ3n) is 7.46. The van der Waals surface area contributed by atoms with Crippen LogP contribution in [0.25, 0.3) is 0 Å². The van der Waals surface area contributed by atoms with Gasteiger partial charge in [0.2, 0.25) is 5.91 Å². The average molecular weight is 613 g/mol. The summed E-state index contributed by atoms with van der Waals surface area (Å²) in [6.07, 6.45) is 1.09. The molecule has 2 aromatic rings. The SMILES string of the molecule is CCOC(=O)[C@H](CCc1ccccc1Cl)NC(=O)CN1CCc2ccc(N3CCN(C(=O)OC(C)(C)C)CC3)cc2C1=O. The van der Waals surface area contributed by atoms with Crippen molar-refractivity contribution in [3.8, 4) is 0 Å². The molecule has 1 N–H and O–H groups in total. The minimum atomic E-state index is -0.859. The number of ether oxygens (including phenoxy) is 2. The summed E-state index contributed by atoms with van der Waals surface area (Å²) in [4.78, 5) is 57.0. The second kappa shape index (κ2) is 14.1. The summed E-state index contributed by atoms with van der Waals surface area (Å²) in [5.74, 6) is -1.17. The standard InChI is InChI=1S/C32H41ClN4O6/c1-5-42-30(40)27(13-11-23-8-6-7-9-26(23)33)34-28(38)21-37-15-14-22-10-12-24(20-25(22)29(37)39)35-16-18-36(19-17-35)31(41)43-32(2,3)4/h6-10,12,20,27H,5,11,13-19,21H2,1-4H3,(H,34,38)/t27-/m0/s1. The highest BCUT2D eigenvalue weighted by atomic mass is 35.5. The number of esters is 1. The van der Waals surface area contributed by atoms with E-state index in [4.69, 9.17) is 21.1 Å². The lowest BCUT2D eigenvalue weighted by Crippen LogP contribution is -2.50. The molecule has 3 amide bonds. The van der Waals surface area contributed by atoms with Crippen LogP contribution in [0.4, 0.5) is 10.5 Å². The fourth-order valence-electron chi connectivity index (χ4n) is 5.24. The van der Waals surface area contributed by atoms with E-state index in [1.807, 2.05) is 57.2 Å². The third-order valence-corrected chi connectivity index (χ3v) is 7.83. The van der Waals surface area contributed by atoms with Crippen molar-refractivity contribution in [2.45, 2.75) is 58.6 Å². The van der Waals surface area contributed by atoms with Crippen molar-refractivity contribution in [2.75, 3.05) is 50.8 Å². The summed E-state index contributed by atoms with van der Waals surface area (Å²) in [5.41, 5.74) is 2.71. The van der Waals surface area contributed by atoms with Gasteiger partial charge in [-0.2, -0.15) is 0 Å². The zero-order valence-corrected chi connectivity index (χ0v) is 26.1. The van der Waals surface area contributed by atoms with Gasteiger partial charge in [0.25, 0.3) is 5.91 Å². The van der Waals surface area contributed by atoms with Crippen LogP contribution in [0.1, 0.15) is 55.6 Å². The van der Waals surface area contributed by atoms with Crippen LogP contribution in [0.2, 0.25) is 5.02 Å². The Morgan fingerprint density at radius 3 is 2.42 bits per heavy atom. The van der Waals surface area contributed by atoms with Crippen LogP contribution in [0.15, 0.2) is 42.5 Å². The van der Waals surface area contributed by atoms with Crippen LogP contribution in [0.3, 0.4) is 0 Å². The molecule has 0 saturated carbocycles. The zero-order chi connectivity index (χ0) is 31.1. The number of hydrogen-bond donors (Lipinski definition) is 1. The molecule has 0 aromatic heterocycles. The molecule has 1 saturated heterocycles. The first kappa shape index (κ1) is 32.1. The Bertz CT molecular complexity index is 1340. The normalized spacial score (nSPS) is 15.9. The number of nitrogens with one attached hydrogen (secondary N) is 1. The molecule has 10 nitrogen and oxygen atoms in total. The molecule has 0 unspecified atom stereocenters. The van der Waals surface area contributed by atoms with Gasteiger partial charge >= 0.3 is 12.1 Å². The van der Waals surface area contributed by atoms with E-state index in [-0.39, 0.29) is 25.2 Å². The number of piperazine rings is 1. The van der Waals surface area contributed by atoms with Crippen LogP contribution in [0.5, 0.6) is 0 Å². The molecule has 2 aromatic carbocycles. The lowest BCUT2D eigenvalue weighted by molar-refractivity contribution is -0.147. The molecule has 2 aliphatic rings. The van der Waals surface area contributed by atoms with Gasteiger partial charge < -0.3 is 29.5 Å². The fraction of sp³-hybridized carbons (Fsp3) is 0.500. The molecule has 1 atom stereocenters. The number of carbonyl (C=O) groups excluding carboxylic acids is 4. The fourth-order valence-corrected chi connectivity index (χ4v) is 5.47. The summed E-state index contributed by atoms with van der Waals surface area (Å²) < 4.78 is 10.7. The first-order chi connectivity index (χ1) is 20.4. The maximum Gasteiger partial charge on any atom is 0.410 e. The number of fused-ring (bicyclic) bond motifs is 1. The first-order valence-corrected chi connectivity index (χ1v) is 15.2. The van der Waals surface area contributed by atoms with Crippen LogP contribution in [0, 0.1) is 0 Å². The number of aryl methyl sites for hydroxylation is 1. The van der Waals surface area contributed by atoms with E-state index in [0.29, 0.717) is 62.6 Å². The summed E-state index contributed by atoms with van der Waals surface area (Å²) >= 11 is 6.27. The van der Waals surface area contributed by atoms with E-state index < -0.39 is 23.5 Å². The van der Waals surface area contributed by atoms with Gasteiger partial charge in [0, 0.05) is 49.0 Å².